The molecule has 14 heavy (non-hydrogen) atoms. The summed E-state index contributed by atoms with van der Waals surface area (Å²) >= 11 is 0. The van der Waals surface area contributed by atoms with Gasteiger partial charge in [0.2, 0.25) is 0 Å². The summed E-state index contributed by atoms with van der Waals surface area (Å²) in [5.41, 5.74) is 6.08. The lowest BCUT2D eigenvalue weighted by atomic mass is 10.0. The molecule has 4 nitrogen and oxygen atoms in total. The van der Waals surface area contributed by atoms with Crippen molar-refractivity contribution < 1.29 is 0 Å². The van der Waals surface area contributed by atoms with Gasteiger partial charge in [-0.1, -0.05) is 6.42 Å². The first-order valence-corrected chi connectivity index (χ1v) is 5.51. The summed E-state index contributed by atoms with van der Waals surface area (Å²) < 4.78 is 2.25. The minimum absolute atomic E-state index is 0.302. The van der Waals surface area contributed by atoms with Gasteiger partial charge in [-0.15, -0.1) is 10.2 Å². The maximum Gasteiger partial charge on any atom is 0.137 e. The van der Waals surface area contributed by atoms with Crippen LogP contribution in [0.4, 0.5) is 0 Å². The number of nitrogens with two attached hydrogens (primary N) is 1. The largest absolute Gasteiger partial charge is 0.327 e. The van der Waals surface area contributed by atoms with Crippen LogP contribution in [0.25, 0.3) is 0 Å². The van der Waals surface area contributed by atoms with E-state index < -0.39 is 0 Å². The molecule has 4 heteroatoms. The first-order valence-electron chi connectivity index (χ1n) is 5.51. The molecule has 0 bridgehead atoms. The second kappa shape index (κ2) is 3.05. The maximum atomic E-state index is 6.08. The molecule has 2 aliphatic carbocycles. The van der Waals surface area contributed by atoms with E-state index in [1.165, 1.54) is 25.7 Å². The van der Waals surface area contributed by atoms with E-state index in [0.29, 0.717) is 18.0 Å². The molecule has 2 unspecified atom stereocenters. The minimum Gasteiger partial charge on any atom is -0.327 e. The summed E-state index contributed by atoms with van der Waals surface area (Å²) in [5, 5.41) is 8.26. The van der Waals surface area contributed by atoms with Crippen LogP contribution in [0, 0.1) is 0 Å². The van der Waals surface area contributed by atoms with E-state index in [1.807, 2.05) is 6.33 Å². The molecule has 1 heterocycles. The molecule has 2 N–H and O–H groups in total. The topological polar surface area (TPSA) is 56.7 Å². The Morgan fingerprint density at radius 2 is 2.14 bits per heavy atom. The molecule has 0 aromatic carbocycles. The Morgan fingerprint density at radius 3 is 2.79 bits per heavy atom. The van der Waals surface area contributed by atoms with Crippen molar-refractivity contribution in [2.24, 2.45) is 5.73 Å². The third kappa shape index (κ3) is 1.25. The highest BCUT2D eigenvalue weighted by Crippen LogP contribution is 2.39. The third-order valence-electron chi connectivity index (χ3n) is 3.44. The lowest BCUT2D eigenvalue weighted by molar-refractivity contribution is 0.539. The zero-order valence-corrected chi connectivity index (χ0v) is 8.26. The third-order valence-corrected chi connectivity index (χ3v) is 3.44. The number of nitrogens with zero attached hydrogens (tertiary/aromatic N) is 3. The molecule has 0 spiro atoms. The molecule has 2 fully saturated rings. The van der Waals surface area contributed by atoms with Crippen molar-refractivity contribution in [1.29, 1.82) is 0 Å². The van der Waals surface area contributed by atoms with E-state index in [0.717, 1.165) is 12.2 Å². The predicted molar refractivity (Wildman–Crippen MR) is 52.9 cm³/mol. The molecule has 2 saturated carbocycles. The van der Waals surface area contributed by atoms with Gasteiger partial charge in [-0.25, -0.2) is 0 Å². The Kier molecular flexibility index (Phi) is 1.83. The minimum atomic E-state index is 0.302. The molecular formula is C10H16N4. The molecule has 76 valence electrons. The molecule has 0 radical (unpaired) electrons. The van der Waals surface area contributed by atoms with Crippen LogP contribution in [0.3, 0.4) is 0 Å². The molecule has 3 rings (SSSR count). The van der Waals surface area contributed by atoms with Crippen molar-refractivity contribution in [3.63, 3.8) is 0 Å². The zero-order valence-electron chi connectivity index (χ0n) is 8.26. The Balaban J connectivity index is 1.90. The predicted octanol–water partition coefficient (Wildman–Crippen LogP) is 1.21. The van der Waals surface area contributed by atoms with Crippen LogP contribution < -0.4 is 5.73 Å². The van der Waals surface area contributed by atoms with Crippen molar-refractivity contribution >= 4 is 0 Å². The van der Waals surface area contributed by atoms with Crippen LogP contribution >= 0.6 is 0 Å². The summed E-state index contributed by atoms with van der Waals surface area (Å²) in [6.07, 6.45) is 8.01. The van der Waals surface area contributed by atoms with Gasteiger partial charge in [-0.05, 0) is 25.7 Å². The fourth-order valence-electron chi connectivity index (χ4n) is 2.46. The highest BCUT2D eigenvalue weighted by Gasteiger charge is 2.33. The van der Waals surface area contributed by atoms with E-state index in [1.54, 1.807) is 0 Å². The summed E-state index contributed by atoms with van der Waals surface area (Å²) in [6.45, 7) is 0. The number of rotatable bonds is 2. The van der Waals surface area contributed by atoms with Gasteiger partial charge in [0.1, 0.15) is 12.2 Å². The lowest BCUT2D eigenvalue weighted by Gasteiger charge is -2.15. The van der Waals surface area contributed by atoms with Crippen LogP contribution in [-0.2, 0) is 0 Å². The van der Waals surface area contributed by atoms with Crippen LogP contribution in [-0.4, -0.2) is 20.8 Å². The molecule has 2 aliphatic rings. The number of hydrogen-bond acceptors (Lipinski definition) is 3. The van der Waals surface area contributed by atoms with Crippen molar-refractivity contribution in [3.05, 3.63) is 12.2 Å². The van der Waals surface area contributed by atoms with Crippen LogP contribution in [0.1, 0.15) is 49.9 Å². The average molecular weight is 192 g/mol. The fourth-order valence-corrected chi connectivity index (χ4v) is 2.46. The van der Waals surface area contributed by atoms with Gasteiger partial charge in [0.25, 0.3) is 0 Å². The monoisotopic (exact) mass is 192 g/mol. The Labute approximate surface area is 83.5 Å². The summed E-state index contributed by atoms with van der Waals surface area (Å²) in [7, 11) is 0. The quantitative estimate of drug-likeness (QED) is 0.766. The SMILES string of the molecule is NC1CCCC1c1nncn1C1CC1. The highest BCUT2D eigenvalue weighted by atomic mass is 15.3. The second-order valence-electron chi connectivity index (χ2n) is 4.53. The highest BCUT2D eigenvalue weighted by molar-refractivity contribution is 5.07. The van der Waals surface area contributed by atoms with Gasteiger partial charge < -0.3 is 10.3 Å². The summed E-state index contributed by atoms with van der Waals surface area (Å²) in [4.78, 5) is 0. The molecular weight excluding hydrogens is 176 g/mol. The summed E-state index contributed by atoms with van der Waals surface area (Å²) in [6, 6.07) is 0.976. The van der Waals surface area contributed by atoms with Crippen LogP contribution in [0.2, 0.25) is 0 Å². The second-order valence-corrected chi connectivity index (χ2v) is 4.53. The first kappa shape index (κ1) is 8.41. The van der Waals surface area contributed by atoms with Crippen molar-refractivity contribution in [1.82, 2.24) is 14.8 Å². The Morgan fingerprint density at radius 1 is 1.29 bits per heavy atom. The zero-order chi connectivity index (χ0) is 9.54. The van der Waals surface area contributed by atoms with Crippen molar-refractivity contribution in [2.45, 2.75) is 50.1 Å². The van der Waals surface area contributed by atoms with E-state index in [9.17, 15) is 0 Å². The van der Waals surface area contributed by atoms with Gasteiger partial charge in [-0.2, -0.15) is 0 Å². The standard InChI is InChI=1S/C10H16N4/c11-9-3-1-2-8(9)10-13-12-6-14(10)7-4-5-7/h6-9H,1-5,11H2. The number of aromatic nitrogens is 3. The lowest BCUT2D eigenvalue weighted by Crippen LogP contribution is -2.25. The van der Waals surface area contributed by atoms with Gasteiger partial charge in [0.05, 0.1) is 0 Å². The van der Waals surface area contributed by atoms with E-state index >= 15 is 0 Å². The molecule has 1 aromatic rings. The van der Waals surface area contributed by atoms with Gasteiger partial charge in [-0.3, -0.25) is 0 Å². The molecule has 1 aromatic heterocycles. The molecule has 0 amide bonds. The normalized spacial score (nSPS) is 32.4. The fraction of sp³-hybridized carbons (Fsp3) is 0.800. The first-order chi connectivity index (χ1) is 6.86. The number of hydrogen-bond donors (Lipinski definition) is 1. The van der Waals surface area contributed by atoms with Crippen molar-refractivity contribution in [2.75, 3.05) is 0 Å². The van der Waals surface area contributed by atoms with Gasteiger partial charge in [0, 0.05) is 18.0 Å². The average Bonchev–Trinajstić information content (AvgIpc) is 2.75. The van der Waals surface area contributed by atoms with E-state index in [-0.39, 0.29) is 0 Å². The van der Waals surface area contributed by atoms with E-state index in [4.69, 9.17) is 5.73 Å². The molecule has 2 atom stereocenters. The summed E-state index contributed by atoms with van der Waals surface area (Å²) in [5.74, 6) is 1.59. The maximum absolute atomic E-state index is 6.08. The van der Waals surface area contributed by atoms with Crippen LogP contribution in [0.15, 0.2) is 6.33 Å². The van der Waals surface area contributed by atoms with E-state index in [2.05, 4.69) is 14.8 Å². The Bertz CT molecular complexity index is 329. The van der Waals surface area contributed by atoms with Crippen molar-refractivity contribution in [3.8, 4) is 0 Å². The molecule has 0 aliphatic heterocycles. The van der Waals surface area contributed by atoms with Gasteiger partial charge in [0.15, 0.2) is 0 Å². The molecule has 0 saturated heterocycles. The Hall–Kier alpha value is -0.900. The smallest absolute Gasteiger partial charge is 0.137 e. The van der Waals surface area contributed by atoms with Crippen LogP contribution in [0.5, 0.6) is 0 Å². The van der Waals surface area contributed by atoms with Gasteiger partial charge >= 0.3 is 0 Å².